The van der Waals surface area contributed by atoms with Gasteiger partial charge in [-0.15, -0.1) is 0 Å². The fourth-order valence-corrected chi connectivity index (χ4v) is 15.7. The predicted octanol–water partition coefficient (Wildman–Crippen LogP) is 0.0865. The maximum absolute atomic E-state index is 6.12. The second kappa shape index (κ2) is 17.2. The van der Waals surface area contributed by atoms with Crippen LogP contribution in [-0.2, 0) is 24.7 Å². The maximum Gasteiger partial charge on any atom is 0.316 e. The third-order valence-electron chi connectivity index (χ3n) is 4.38. The van der Waals surface area contributed by atoms with E-state index in [1.807, 2.05) is 0 Å². The zero-order chi connectivity index (χ0) is 18.1. The SMILES string of the molecule is CCCCCCCCCCCC[Si]1(C)O[SiH2]O[SiH2]O[SiH2]O[SiH2]O[SiH2]O1. The highest BCUT2D eigenvalue weighted by Crippen LogP contribution is 2.19. The van der Waals surface area contributed by atoms with Crippen molar-refractivity contribution in [3.63, 3.8) is 0 Å². The smallest absolute Gasteiger partial charge is 0.316 e. The summed E-state index contributed by atoms with van der Waals surface area (Å²) in [6.07, 6.45) is 13.6. The lowest BCUT2D eigenvalue weighted by Crippen LogP contribution is -2.43. The first kappa shape index (κ1) is 24.1. The molecule has 1 saturated heterocycles. The number of hydrogen-bond donors (Lipinski definition) is 0. The molecule has 0 atom stereocenters. The van der Waals surface area contributed by atoms with Crippen LogP contribution in [0.4, 0.5) is 0 Å². The second-order valence-electron chi connectivity index (χ2n) is 6.76. The van der Waals surface area contributed by atoms with Crippen molar-refractivity contribution in [3.05, 3.63) is 0 Å². The average Bonchev–Trinajstić information content (AvgIpc) is 2.60. The molecule has 1 aliphatic rings. The lowest BCUT2D eigenvalue weighted by molar-refractivity contribution is 0.317. The number of hydrogen-bond acceptors (Lipinski definition) is 6. The minimum absolute atomic E-state index is 0.853. The molecule has 12 heteroatoms. The van der Waals surface area contributed by atoms with E-state index in [2.05, 4.69) is 13.5 Å². The van der Waals surface area contributed by atoms with Gasteiger partial charge in [0, 0.05) is 0 Å². The molecule has 0 aromatic rings. The fourth-order valence-electron chi connectivity index (χ4n) is 2.77. The molecule has 1 rings (SSSR count). The highest BCUT2D eigenvalue weighted by atomic mass is 28.5. The van der Waals surface area contributed by atoms with Crippen LogP contribution in [0.15, 0.2) is 0 Å². The fraction of sp³-hybridized carbons (Fsp3) is 1.00. The Morgan fingerprint density at radius 1 is 0.560 bits per heavy atom. The van der Waals surface area contributed by atoms with Crippen molar-refractivity contribution >= 4 is 58.6 Å². The van der Waals surface area contributed by atoms with Crippen LogP contribution in [0.1, 0.15) is 71.1 Å². The summed E-state index contributed by atoms with van der Waals surface area (Å²) in [4.78, 5) is 0. The van der Waals surface area contributed by atoms with E-state index >= 15 is 0 Å². The number of unbranched alkanes of at least 4 members (excludes halogenated alkanes) is 9. The van der Waals surface area contributed by atoms with Crippen LogP contribution in [-0.4, -0.2) is 58.6 Å². The Kier molecular flexibility index (Phi) is 16.6. The van der Waals surface area contributed by atoms with Gasteiger partial charge in [0.1, 0.15) is 0 Å². The Hall–Kier alpha value is 1.06. The summed E-state index contributed by atoms with van der Waals surface area (Å²) in [6.45, 7) is 4.45. The van der Waals surface area contributed by atoms with E-state index in [0.717, 1.165) is 6.04 Å². The van der Waals surface area contributed by atoms with Gasteiger partial charge in [-0.1, -0.05) is 71.1 Å². The summed E-state index contributed by atoms with van der Waals surface area (Å²) >= 11 is 0. The summed E-state index contributed by atoms with van der Waals surface area (Å²) in [6, 6.07) is 1.07. The summed E-state index contributed by atoms with van der Waals surface area (Å²) < 4.78 is 34.5. The summed E-state index contributed by atoms with van der Waals surface area (Å²) in [7, 11) is -6.62. The van der Waals surface area contributed by atoms with E-state index in [1.165, 1.54) is 64.2 Å². The molecule has 0 aromatic carbocycles. The Balaban J connectivity index is 2.08. The quantitative estimate of drug-likeness (QED) is 0.323. The first-order valence-electron chi connectivity index (χ1n) is 9.86. The van der Waals surface area contributed by atoms with Crippen molar-refractivity contribution in [2.75, 3.05) is 0 Å². The first-order chi connectivity index (χ1) is 12.3. The van der Waals surface area contributed by atoms with Crippen molar-refractivity contribution in [2.24, 2.45) is 0 Å². The van der Waals surface area contributed by atoms with Crippen LogP contribution in [0.25, 0.3) is 0 Å². The Labute approximate surface area is 167 Å². The van der Waals surface area contributed by atoms with Crippen molar-refractivity contribution in [1.29, 1.82) is 0 Å². The van der Waals surface area contributed by atoms with E-state index in [-0.39, 0.29) is 0 Å². The average molecular weight is 459 g/mol. The van der Waals surface area contributed by atoms with Gasteiger partial charge in [-0.3, -0.25) is 0 Å². The third kappa shape index (κ3) is 14.7. The lowest BCUT2D eigenvalue weighted by atomic mass is 10.1. The molecule has 0 N–H and O–H groups in total. The van der Waals surface area contributed by atoms with Gasteiger partial charge in [0.2, 0.25) is 0 Å². The van der Waals surface area contributed by atoms with Gasteiger partial charge in [-0.05, 0) is 12.6 Å². The summed E-state index contributed by atoms with van der Waals surface area (Å²) in [5, 5.41) is 0. The first-order valence-corrected chi connectivity index (χ1v) is 18.2. The Bertz CT molecular complexity index is 292. The van der Waals surface area contributed by atoms with Crippen molar-refractivity contribution in [2.45, 2.75) is 83.7 Å². The zero-order valence-electron chi connectivity index (χ0n) is 16.3. The van der Waals surface area contributed by atoms with E-state index < -0.39 is 58.6 Å². The molecule has 0 amide bonds. The molecule has 0 radical (unpaired) electrons. The van der Waals surface area contributed by atoms with Gasteiger partial charge < -0.3 is 24.7 Å². The standard InChI is InChI=1S/C13H38O6Si6/c1-3-4-5-6-7-8-9-10-11-12-13-25(2)18-23-16-21-14-20-15-22-17-24-19-25/h3-13,20-24H2,1-2H3. The summed E-state index contributed by atoms with van der Waals surface area (Å²) in [5.41, 5.74) is 0. The van der Waals surface area contributed by atoms with Gasteiger partial charge in [-0.2, -0.15) is 0 Å². The molecule has 0 aliphatic carbocycles. The summed E-state index contributed by atoms with van der Waals surface area (Å²) in [5.74, 6) is 0. The Morgan fingerprint density at radius 2 is 0.960 bits per heavy atom. The van der Waals surface area contributed by atoms with Crippen molar-refractivity contribution in [3.8, 4) is 0 Å². The number of rotatable bonds is 11. The van der Waals surface area contributed by atoms with Gasteiger partial charge in [0.25, 0.3) is 50.0 Å². The van der Waals surface area contributed by atoms with E-state index in [9.17, 15) is 0 Å². The molecule has 1 fully saturated rings. The van der Waals surface area contributed by atoms with Crippen LogP contribution in [0.5, 0.6) is 0 Å². The molecule has 0 aromatic heterocycles. The van der Waals surface area contributed by atoms with Gasteiger partial charge in [0.15, 0.2) is 0 Å². The van der Waals surface area contributed by atoms with Crippen LogP contribution in [0, 0.1) is 0 Å². The molecule has 0 saturated carbocycles. The molecule has 1 aliphatic heterocycles. The molecular weight excluding hydrogens is 421 g/mol. The third-order valence-corrected chi connectivity index (χ3v) is 16.8. The van der Waals surface area contributed by atoms with Gasteiger partial charge >= 0.3 is 8.56 Å². The van der Waals surface area contributed by atoms with Crippen LogP contribution in [0.3, 0.4) is 0 Å². The minimum atomic E-state index is -2.08. The van der Waals surface area contributed by atoms with Gasteiger partial charge in [0.05, 0.1) is 0 Å². The molecule has 0 spiro atoms. The second-order valence-corrected chi connectivity index (χ2v) is 19.5. The molecule has 150 valence electrons. The normalized spacial score (nSPS) is 28.6. The molecular formula is C13H38O6Si6. The molecule has 0 unspecified atom stereocenters. The maximum atomic E-state index is 6.12. The predicted molar refractivity (Wildman–Crippen MR) is 117 cm³/mol. The largest absolute Gasteiger partial charge is 0.425 e. The zero-order valence-corrected chi connectivity index (χ0v) is 24.3. The van der Waals surface area contributed by atoms with Crippen molar-refractivity contribution < 1.29 is 24.7 Å². The molecule has 6 nitrogen and oxygen atoms in total. The van der Waals surface area contributed by atoms with Crippen molar-refractivity contribution in [1.82, 2.24) is 0 Å². The van der Waals surface area contributed by atoms with Crippen LogP contribution in [0.2, 0.25) is 12.6 Å². The highest BCUT2D eigenvalue weighted by Gasteiger charge is 2.30. The molecule has 0 bridgehead atoms. The minimum Gasteiger partial charge on any atom is -0.425 e. The lowest BCUT2D eigenvalue weighted by Gasteiger charge is -2.28. The van der Waals surface area contributed by atoms with E-state index in [4.69, 9.17) is 24.7 Å². The molecule has 25 heavy (non-hydrogen) atoms. The topological polar surface area (TPSA) is 55.4 Å². The van der Waals surface area contributed by atoms with E-state index in [1.54, 1.807) is 0 Å². The van der Waals surface area contributed by atoms with Crippen LogP contribution >= 0.6 is 0 Å². The Morgan fingerprint density at radius 3 is 1.44 bits per heavy atom. The van der Waals surface area contributed by atoms with Crippen LogP contribution < -0.4 is 0 Å². The van der Waals surface area contributed by atoms with E-state index in [0.29, 0.717) is 0 Å². The monoisotopic (exact) mass is 458 g/mol. The van der Waals surface area contributed by atoms with Gasteiger partial charge in [-0.25, -0.2) is 0 Å². The molecule has 1 heterocycles. The highest BCUT2D eigenvalue weighted by molar-refractivity contribution is 6.74.